The summed E-state index contributed by atoms with van der Waals surface area (Å²) in [7, 11) is 3.76. The minimum atomic E-state index is -0.771. The van der Waals surface area contributed by atoms with E-state index in [9.17, 15) is 14.9 Å². The van der Waals surface area contributed by atoms with E-state index in [1.807, 2.05) is 19.0 Å². The third kappa shape index (κ3) is 3.52. The van der Waals surface area contributed by atoms with Crippen LogP contribution in [0.5, 0.6) is 0 Å². The van der Waals surface area contributed by atoms with Crippen LogP contribution >= 0.6 is 0 Å². The molecule has 0 unspecified atom stereocenters. The molecule has 100 valence electrons. The van der Waals surface area contributed by atoms with Gasteiger partial charge in [-0.1, -0.05) is 0 Å². The first-order valence-corrected chi connectivity index (χ1v) is 5.49. The predicted octanol–water partition coefficient (Wildman–Crippen LogP) is 0.530. The van der Waals surface area contributed by atoms with Crippen molar-refractivity contribution in [3.05, 3.63) is 22.0 Å². The van der Waals surface area contributed by atoms with Gasteiger partial charge in [-0.15, -0.1) is 0 Å². The summed E-state index contributed by atoms with van der Waals surface area (Å²) in [5.41, 5.74) is -0.576. The lowest BCUT2D eigenvalue weighted by atomic mass is 10.4. The van der Waals surface area contributed by atoms with Crippen LogP contribution in [0, 0.1) is 10.1 Å². The van der Waals surface area contributed by atoms with Crippen LogP contribution in [0.25, 0.3) is 0 Å². The maximum atomic E-state index is 11.5. The molecule has 1 heterocycles. The number of ether oxygens (including phenoxy) is 1. The normalized spacial score (nSPS) is 10.7. The van der Waals surface area contributed by atoms with E-state index in [2.05, 4.69) is 5.10 Å². The molecule has 0 radical (unpaired) electrons. The molecule has 8 nitrogen and oxygen atoms in total. The monoisotopic (exact) mass is 256 g/mol. The van der Waals surface area contributed by atoms with Crippen LogP contribution in [0.3, 0.4) is 0 Å². The lowest BCUT2D eigenvalue weighted by Crippen LogP contribution is -2.19. The Kier molecular flexibility index (Phi) is 4.78. The fourth-order valence-electron chi connectivity index (χ4n) is 1.31. The number of likely N-dealkylation sites (N-methyl/N-ethyl adjacent to an activating group) is 1. The SMILES string of the molecule is CCOC(=O)c1nn(CCN(C)C)cc1[N+](=O)[O-]. The molecule has 1 rings (SSSR count). The second-order valence-corrected chi connectivity index (χ2v) is 3.91. The van der Waals surface area contributed by atoms with Gasteiger partial charge in [0, 0.05) is 6.54 Å². The van der Waals surface area contributed by atoms with E-state index >= 15 is 0 Å². The van der Waals surface area contributed by atoms with Crippen molar-refractivity contribution in [2.75, 3.05) is 27.2 Å². The third-order valence-corrected chi connectivity index (χ3v) is 2.18. The number of esters is 1. The molecule has 18 heavy (non-hydrogen) atoms. The predicted molar refractivity (Wildman–Crippen MR) is 63.4 cm³/mol. The van der Waals surface area contributed by atoms with E-state index < -0.39 is 10.9 Å². The van der Waals surface area contributed by atoms with Crippen LogP contribution in [0.2, 0.25) is 0 Å². The Hall–Kier alpha value is -1.96. The lowest BCUT2D eigenvalue weighted by molar-refractivity contribution is -0.385. The molecule has 0 N–H and O–H groups in total. The molecular formula is C10H16N4O4. The summed E-state index contributed by atoms with van der Waals surface area (Å²) in [6, 6.07) is 0. The molecule has 8 heteroatoms. The minimum absolute atomic E-state index is 0.153. The number of nitro groups is 1. The summed E-state index contributed by atoms with van der Waals surface area (Å²) in [5, 5.41) is 14.7. The van der Waals surface area contributed by atoms with Crippen molar-refractivity contribution in [2.45, 2.75) is 13.5 Å². The molecule has 0 atom stereocenters. The first-order chi connectivity index (χ1) is 8.45. The average molecular weight is 256 g/mol. The van der Waals surface area contributed by atoms with Crippen LogP contribution < -0.4 is 0 Å². The molecule has 0 aliphatic heterocycles. The van der Waals surface area contributed by atoms with Gasteiger partial charge < -0.3 is 9.64 Å². The van der Waals surface area contributed by atoms with E-state index in [1.54, 1.807) is 6.92 Å². The van der Waals surface area contributed by atoms with Gasteiger partial charge in [0.15, 0.2) is 0 Å². The van der Waals surface area contributed by atoms with Crippen molar-refractivity contribution >= 4 is 11.7 Å². The third-order valence-electron chi connectivity index (χ3n) is 2.18. The molecule has 1 aromatic heterocycles. The number of aromatic nitrogens is 2. The van der Waals surface area contributed by atoms with E-state index in [4.69, 9.17) is 4.74 Å². The minimum Gasteiger partial charge on any atom is -0.461 e. The number of rotatable bonds is 6. The number of hydrogen-bond donors (Lipinski definition) is 0. The number of carbonyl (C=O) groups excluding carboxylic acids is 1. The van der Waals surface area contributed by atoms with Gasteiger partial charge in [-0.05, 0) is 21.0 Å². The van der Waals surface area contributed by atoms with Gasteiger partial charge in [-0.3, -0.25) is 14.8 Å². The van der Waals surface area contributed by atoms with E-state index in [-0.39, 0.29) is 18.0 Å². The fraction of sp³-hybridized carbons (Fsp3) is 0.600. The van der Waals surface area contributed by atoms with Gasteiger partial charge in [0.25, 0.3) is 0 Å². The largest absolute Gasteiger partial charge is 0.461 e. The van der Waals surface area contributed by atoms with Crippen molar-refractivity contribution in [2.24, 2.45) is 0 Å². The number of carbonyl (C=O) groups is 1. The van der Waals surface area contributed by atoms with Gasteiger partial charge >= 0.3 is 11.7 Å². The highest BCUT2D eigenvalue weighted by molar-refractivity contribution is 5.91. The molecular weight excluding hydrogens is 240 g/mol. The van der Waals surface area contributed by atoms with Crippen molar-refractivity contribution in [1.29, 1.82) is 0 Å². The molecule has 0 aromatic carbocycles. The molecule has 0 saturated carbocycles. The van der Waals surface area contributed by atoms with E-state index in [0.717, 1.165) is 0 Å². The van der Waals surface area contributed by atoms with Crippen molar-refractivity contribution in [3.63, 3.8) is 0 Å². The maximum Gasteiger partial charge on any atom is 0.366 e. The molecule has 0 fully saturated rings. The zero-order valence-electron chi connectivity index (χ0n) is 10.6. The number of hydrogen-bond acceptors (Lipinski definition) is 6. The van der Waals surface area contributed by atoms with Gasteiger partial charge in [0.05, 0.1) is 18.1 Å². The highest BCUT2D eigenvalue weighted by atomic mass is 16.6. The first-order valence-electron chi connectivity index (χ1n) is 5.49. The van der Waals surface area contributed by atoms with Crippen LogP contribution in [0.4, 0.5) is 5.69 Å². The van der Waals surface area contributed by atoms with Crippen molar-refractivity contribution in [3.8, 4) is 0 Å². The Bertz CT molecular complexity index is 441. The molecule has 0 aliphatic carbocycles. The van der Waals surface area contributed by atoms with Crippen LogP contribution in [0.1, 0.15) is 17.4 Å². The van der Waals surface area contributed by atoms with E-state index in [1.165, 1.54) is 10.9 Å². The standard InChI is InChI=1S/C10H16N4O4/c1-4-18-10(15)9-8(14(16)17)7-13(11-9)6-5-12(2)3/h7H,4-6H2,1-3H3. The van der Waals surface area contributed by atoms with Gasteiger partial charge in [-0.2, -0.15) is 5.10 Å². The summed E-state index contributed by atoms with van der Waals surface area (Å²) < 4.78 is 6.11. The maximum absolute atomic E-state index is 11.5. The molecule has 0 spiro atoms. The number of nitrogens with zero attached hydrogens (tertiary/aromatic N) is 4. The first kappa shape index (κ1) is 14.1. The fourth-order valence-corrected chi connectivity index (χ4v) is 1.31. The molecule has 0 saturated heterocycles. The van der Waals surface area contributed by atoms with Gasteiger partial charge in [-0.25, -0.2) is 4.79 Å². The average Bonchev–Trinajstić information content (AvgIpc) is 2.71. The van der Waals surface area contributed by atoms with Crippen molar-refractivity contribution in [1.82, 2.24) is 14.7 Å². The molecule has 0 aliphatic rings. The Morgan fingerprint density at radius 2 is 2.28 bits per heavy atom. The van der Waals surface area contributed by atoms with Gasteiger partial charge in [0.1, 0.15) is 6.20 Å². The topological polar surface area (TPSA) is 90.5 Å². The Labute approximate surface area is 104 Å². The highest BCUT2D eigenvalue weighted by Crippen LogP contribution is 2.17. The Morgan fingerprint density at radius 1 is 1.61 bits per heavy atom. The summed E-state index contributed by atoms with van der Waals surface area (Å²) in [6.45, 7) is 2.92. The summed E-state index contributed by atoms with van der Waals surface area (Å²) in [5.74, 6) is -0.771. The highest BCUT2D eigenvalue weighted by Gasteiger charge is 2.26. The molecule has 1 aromatic rings. The van der Waals surface area contributed by atoms with Crippen LogP contribution in [-0.4, -0.2) is 52.8 Å². The zero-order chi connectivity index (χ0) is 13.7. The van der Waals surface area contributed by atoms with Crippen LogP contribution in [0.15, 0.2) is 6.20 Å². The van der Waals surface area contributed by atoms with Crippen LogP contribution in [-0.2, 0) is 11.3 Å². The second kappa shape index (κ2) is 6.10. The summed E-state index contributed by atoms with van der Waals surface area (Å²) in [6.07, 6.45) is 1.25. The second-order valence-electron chi connectivity index (χ2n) is 3.91. The van der Waals surface area contributed by atoms with Gasteiger partial charge in [0.2, 0.25) is 5.69 Å². The Morgan fingerprint density at radius 3 is 2.78 bits per heavy atom. The smallest absolute Gasteiger partial charge is 0.366 e. The lowest BCUT2D eigenvalue weighted by Gasteiger charge is -2.08. The van der Waals surface area contributed by atoms with E-state index in [0.29, 0.717) is 13.1 Å². The zero-order valence-corrected chi connectivity index (χ0v) is 10.6. The molecule has 0 bridgehead atoms. The Balaban J connectivity index is 2.93. The van der Waals surface area contributed by atoms with Crippen molar-refractivity contribution < 1.29 is 14.5 Å². The summed E-state index contributed by atoms with van der Waals surface area (Å²) in [4.78, 5) is 23.6. The quantitative estimate of drug-likeness (QED) is 0.419. The summed E-state index contributed by atoms with van der Waals surface area (Å²) >= 11 is 0. The molecule has 0 amide bonds.